The smallest absolute Gasteiger partial charge is 0.0619 e. The quantitative estimate of drug-likeness (QED) is 0.796. The predicted octanol–water partition coefficient (Wildman–Crippen LogP) is 3.03. The van der Waals surface area contributed by atoms with Crippen molar-refractivity contribution in [3.8, 4) is 11.4 Å². The molecule has 0 atom stereocenters. The van der Waals surface area contributed by atoms with Crippen LogP contribution < -0.4 is 0 Å². The van der Waals surface area contributed by atoms with Gasteiger partial charge in [-0.3, -0.25) is 0 Å². The first-order valence-corrected chi connectivity index (χ1v) is 4.24. The minimum Gasteiger partial charge on any atom is -0.360 e. The molecular formula is C10H14N2W. The van der Waals surface area contributed by atoms with Crippen molar-refractivity contribution < 1.29 is 21.1 Å². The summed E-state index contributed by atoms with van der Waals surface area (Å²) >= 11 is 0. The predicted molar refractivity (Wildman–Crippen MR) is 51.9 cm³/mol. The molecule has 3 heteroatoms. The molecule has 0 amide bonds. The molecule has 2 heterocycles. The van der Waals surface area contributed by atoms with Crippen LogP contribution in [0.15, 0.2) is 36.7 Å². The summed E-state index contributed by atoms with van der Waals surface area (Å²) in [6.07, 6.45) is 3.83. The van der Waals surface area contributed by atoms with Crippen LogP contribution >= 0.6 is 0 Å². The summed E-state index contributed by atoms with van der Waals surface area (Å²) in [5, 5.41) is 0. The maximum Gasteiger partial charge on any atom is 0.0619 e. The summed E-state index contributed by atoms with van der Waals surface area (Å²) in [4.78, 5) is 6.22. The normalized spacial score (nSPS) is 8.15. The van der Waals surface area contributed by atoms with E-state index in [-0.39, 0.29) is 21.1 Å². The fraction of sp³-hybridized carbons (Fsp3) is 0.200. The molecule has 13 heavy (non-hydrogen) atoms. The Labute approximate surface area is 93.0 Å². The number of nitrogens with one attached hydrogen (secondary N) is 2. The van der Waals surface area contributed by atoms with Gasteiger partial charge in [-0.05, 0) is 24.3 Å². The van der Waals surface area contributed by atoms with Crippen LogP contribution in [0.1, 0.15) is 13.8 Å². The molecule has 0 bridgehead atoms. The van der Waals surface area contributed by atoms with E-state index in [1.165, 1.54) is 0 Å². The molecule has 2 N–H and O–H groups in total. The third-order valence-electron chi connectivity index (χ3n) is 1.49. The van der Waals surface area contributed by atoms with Gasteiger partial charge < -0.3 is 9.97 Å². The molecule has 0 aliphatic heterocycles. The van der Waals surface area contributed by atoms with Crippen LogP contribution in [0.2, 0.25) is 0 Å². The molecule has 0 fully saturated rings. The van der Waals surface area contributed by atoms with Crippen LogP contribution in [0.4, 0.5) is 0 Å². The SMILES string of the molecule is CC.[W].c1c[nH]c(-c2ccc[nH]2)c1. The van der Waals surface area contributed by atoms with Gasteiger partial charge in [-0.25, -0.2) is 0 Å². The van der Waals surface area contributed by atoms with E-state index in [0.717, 1.165) is 11.4 Å². The molecule has 0 saturated carbocycles. The molecule has 70 valence electrons. The second-order valence-electron chi connectivity index (χ2n) is 2.17. The Kier molecular flexibility index (Phi) is 6.34. The average Bonchev–Trinajstić information content (AvgIpc) is 2.80. The molecule has 0 saturated heterocycles. The van der Waals surface area contributed by atoms with Gasteiger partial charge in [0.25, 0.3) is 0 Å². The van der Waals surface area contributed by atoms with Crippen LogP contribution in [0, 0.1) is 0 Å². The van der Waals surface area contributed by atoms with Gasteiger partial charge in [-0.1, -0.05) is 13.8 Å². The van der Waals surface area contributed by atoms with Crippen molar-refractivity contribution in [2.45, 2.75) is 13.8 Å². The van der Waals surface area contributed by atoms with Gasteiger partial charge in [0.05, 0.1) is 11.4 Å². The van der Waals surface area contributed by atoms with Gasteiger partial charge in [0, 0.05) is 33.5 Å². The molecular weight excluding hydrogens is 332 g/mol. The molecule has 2 aromatic heterocycles. The van der Waals surface area contributed by atoms with Crippen molar-refractivity contribution in [1.29, 1.82) is 0 Å². The number of aromatic nitrogens is 2. The minimum atomic E-state index is 0. The second-order valence-corrected chi connectivity index (χ2v) is 2.17. The first-order chi connectivity index (χ1) is 5.97. The van der Waals surface area contributed by atoms with Crippen molar-refractivity contribution in [3.05, 3.63) is 36.7 Å². The molecule has 0 radical (unpaired) electrons. The molecule has 0 aliphatic rings. The Morgan fingerprint density at radius 2 is 1.23 bits per heavy atom. The van der Waals surface area contributed by atoms with Crippen LogP contribution in [0.5, 0.6) is 0 Å². The van der Waals surface area contributed by atoms with Crippen molar-refractivity contribution in [2.75, 3.05) is 0 Å². The fourth-order valence-electron chi connectivity index (χ4n) is 0.996. The maximum absolute atomic E-state index is 3.11. The van der Waals surface area contributed by atoms with Gasteiger partial charge in [-0.2, -0.15) is 0 Å². The van der Waals surface area contributed by atoms with E-state index in [0.29, 0.717) is 0 Å². The second kappa shape index (κ2) is 6.73. The maximum atomic E-state index is 3.11. The molecule has 2 nitrogen and oxygen atoms in total. The number of rotatable bonds is 1. The van der Waals surface area contributed by atoms with E-state index >= 15 is 0 Å². The number of H-pyrrole nitrogens is 2. The first-order valence-electron chi connectivity index (χ1n) is 4.24. The van der Waals surface area contributed by atoms with Gasteiger partial charge in [0.2, 0.25) is 0 Å². The van der Waals surface area contributed by atoms with Gasteiger partial charge >= 0.3 is 0 Å². The zero-order chi connectivity index (χ0) is 8.81. The van der Waals surface area contributed by atoms with Crippen molar-refractivity contribution >= 4 is 0 Å². The van der Waals surface area contributed by atoms with Crippen LogP contribution in [0.3, 0.4) is 0 Å². The van der Waals surface area contributed by atoms with Gasteiger partial charge in [0.1, 0.15) is 0 Å². The van der Waals surface area contributed by atoms with Crippen molar-refractivity contribution in [1.82, 2.24) is 9.97 Å². The largest absolute Gasteiger partial charge is 0.360 e. The number of aromatic amines is 2. The van der Waals surface area contributed by atoms with E-state index < -0.39 is 0 Å². The van der Waals surface area contributed by atoms with E-state index in [1.54, 1.807) is 0 Å². The summed E-state index contributed by atoms with van der Waals surface area (Å²) in [5.74, 6) is 0. The van der Waals surface area contributed by atoms with Crippen molar-refractivity contribution in [3.63, 3.8) is 0 Å². The Hall–Kier alpha value is -0.752. The molecule has 0 spiro atoms. The Morgan fingerprint density at radius 1 is 0.846 bits per heavy atom. The number of hydrogen-bond acceptors (Lipinski definition) is 0. The van der Waals surface area contributed by atoms with E-state index in [2.05, 4.69) is 9.97 Å². The van der Waals surface area contributed by atoms with Crippen LogP contribution in [-0.2, 0) is 21.1 Å². The zero-order valence-corrected chi connectivity index (χ0v) is 10.8. The Morgan fingerprint density at radius 3 is 1.46 bits per heavy atom. The number of hydrogen-bond donors (Lipinski definition) is 2. The minimum absolute atomic E-state index is 0. The fourth-order valence-corrected chi connectivity index (χ4v) is 0.996. The zero-order valence-electron chi connectivity index (χ0n) is 7.87. The third-order valence-corrected chi connectivity index (χ3v) is 1.49. The summed E-state index contributed by atoms with van der Waals surface area (Å²) in [5.41, 5.74) is 2.26. The van der Waals surface area contributed by atoms with Crippen LogP contribution in [0.25, 0.3) is 11.4 Å². The summed E-state index contributed by atoms with van der Waals surface area (Å²) in [7, 11) is 0. The third kappa shape index (κ3) is 3.23. The first kappa shape index (κ1) is 12.2. The topological polar surface area (TPSA) is 31.6 Å². The Balaban J connectivity index is 0.000000451. The van der Waals surface area contributed by atoms with Gasteiger partial charge in [0.15, 0.2) is 0 Å². The average molecular weight is 346 g/mol. The van der Waals surface area contributed by atoms with Gasteiger partial charge in [-0.15, -0.1) is 0 Å². The van der Waals surface area contributed by atoms with Crippen molar-refractivity contribution in [2.24, 2.45) is 0 Å². The molecule has 0 unspecified atom stereocenters. The Bertz CT molecular complexity index is 252. The van der Waals surface area contributed by atoms with E-state index in [4.69, 9.17) is 0 Å². The van der Waals surface area contributed by atoms with E-state index in [1.807, 2.05) is 50.5 Å². The summed E-state index contributed by atoms with van der Waals surface area (Å²) < 4.78 is 0. The van der Waals surface area contributed by atoms with Crippen LogP contribution in [-0.4, -0.2) is 9.97 Å². The summed E-state index contributed by atoms with van der Waals surface area (Å²) in [6, 6.07) is 8.03. The summed E-state index contributed by atoms with van der Waals surface area (Å²) in [6.45, 7) is 4.00. The molecule has 2 rings (SSSR count). The standard InChI is InChI=1S/C8H8N2.C2H6.W/c1-3-7(9-5-1)8-4-2-6-10-8;1-2;/h1-6,9-10H;1-2H3;. The monoisotopic (exact) mass is 346 g/mol. The molecule has 0 aromatic carbocycles. The van der Waals surface area contributed by atoms with E-state index in [9.17, 15) is 0 Å². The molecule has 0 aliphatic carbocycles. The molecule has 2 aromatic rings.